The lowest BCUT2D eigenvalue weighted by atomic mass is 10.0. The van der Waals surface area contributed by atoms with Gasteiger partial charge in [-0.25, -0.2) is 8.42 Å². The lowest BCUT2D eigenvalue weighted by Crippen LogP contribution is -2.48. The van der Waals surface area contributed by atoms with Gasteiger partial charge in [0.1, 0.15) is 5.75 Å². The number of nitrogens with zero attached hydrogens (tertiary/aromatic N) is 4. The van der Waals surface area contributed by atoms with Gasteiger partial charge >= 0.3 is 0 Å². The summed E-state index contributed by atoms with van der Waals surface area (Å²) in [5, 5.41) is 4.06. The fourth-order valence-corrected chi connectivity index (χ4v) is 5.09. The fourth-order valence-electron chi connectivity index (χ4n) is 3.67. The Bertz CT molecular complexity index is 1130. The first-order valence-electron chi connectivity index (χ1n) is 10.7. The largest absolute Gasteiger partial charge is 0.497 e. The quantitative estimate of drug-likeness (QED) is 0.538. The van der Waals surface area contributed by atoms with Crippen LogP contribution in [0.3, 0.4) is 0 Å². The van der Waals surface area contributed by atoms with Crippen LogP contribution in [-0.2, 0) is 16.6 Å². The summed E-state index contributed by atoms with van der Waals surface area (Å²) in [5.74, 6) is 2.16. The Morgan fingerprint density at radius 2 is 1.66 bits per heavy atom. The molecule has 1 aromatic heterocycles. The number of hydrogen-bond acceptors (Lipinski definition) is 7. The Labute approximate surface area is 188 Å². The second-order valence-electron chi connectivity index (χ2n) is 8.14. The number of sulfonamides is 1. The summed E-state index contributed by atoms with van der Waals surface area (Å²) < 4.78 is 38.1. The molecule has 8 nitrogen and oxygen atoms in total. The van der Waals surface area contributed by atoms with Crippen molar-refractivity contribution >= 4 is 10.0 Å². The summed E-state index contributed by atoms with van der Waals surface area (Å²) >= 11 is 0. The van der Waals surface area contributed by atoms with Crippen LogP contribution >= 0.6 is 0 Å². The van der Waals surface area contributed by atoms with Crippen LogP contribution in [0.5, 0.6) is 5.75 Å². The topological polar surface area (TPSA) is 88.8 Å². The Morgan fingerprint density at radius 1 is 1.00 bits per heavy atom. The van der Waals surface area contributed by atoms with Gasteiger partial charge in [-0.15, -0.1) is 0 Å². The molecule has 2 heterocycles. The van der Waals surface area contributed by atoms with Gasteiger partial charge in [0, 0.05) is 31.7 Å². The van der Waals surface area contributed by atoms with E-state index in [9.17, 15) is 8.42 Å². The Kier molecular flexibility index (Phi) is 6.59. The molecule has 0 aliphatic carbocycles. The Morgan fingerprint density at radius 3 is 2.25 bits per heavy atom. The highest BCUT2D eigenvalue weighted by molar-refractivity contribution is 7.89. The molecule has 1 aliphatic rings. The maximum absolute atomic E-state index is 13.0. The lowest BCUT2D eigenvalue weighted by molar-refractivity contribution is 0.163. The Balaban J connectivity index is 1.35. The first-order valence-corrected chi connectivity index (χ1v) is 12.1. The van der Waals surface area contributed by atoms with Crippen molar-refractivity contribution in [3.05, 3.63) is 60.0 Å². The summed E-state index contributed by atoms with van der Waals surface area (Å²) in [4.78, 5) is 6.94. The minimum absolute atomic E-state index is 0.344. The molecule has 4 rings (SSSR count). The standard InChI is InChI=1S/C23H28N4O4S/c1-17(2)18-6-10-21(11-7-18)32(28,29)27-14-12-26(13-15-27)16-22-24-23(25-31-22)19-4-8-20(30-3)9-5-19/h4-11,17H,12-16H2,1-3H3. The fraction of sp³-hybridized carbons (Fsp3) is 0.391. The van der Waals surface area contributed by atoms with Crippen molar-refractivity contribution in [1.82, 2.24) is 19.3 Å². The van der Waals surface area contributed by atoms with Crippen molar-refractivity contribution in [2.75, 3.05) is 33.3 Å². The minimum Gasteiger partial charge on any atom is -0.497 e. The highest BCUT2D eigenvalue weighted by Gasteiger charge is 2.29. The number of rotatable bonds is 7. The van der Waals surface area contributed by atoms with Gasteiger partial charge in [0.15, 0.2) is 0 Å². The summed E-state index contributed by atoms with van der Waals surface area (Å²) in [6.07, 6.45) is 0. The number of methoxy groups -OCH3 is 1. The zero-order valence-corrected chi connectivity index (χ0v) is 19.4. The summed E-state index contributed by atoms with van der Waals surface area (Å²) in [6, 6.07) is 14.7. The molecule has 0 N–H and O–H groups in total. The molecule has 0 radical (unpaired) electrons. The van der Waals surface area contributed by atoms with E-state index in [0.717, 1.165) is 16.9 Å². The van der Waals surface area contributed by atoms with E-state index in [0.29, 0.717) is 55.3 Å². The zero-order valence-electron chi connectivity index (χ0n) is 18.6. The molecule has 9 heteroatoms. The lowest BCUT2D eigenvalue weighted by Gasteiger charge is -2.33. The third-order valence-electron chi connectivity index (χ3n) is 5.69. The molecule has 0 atom stereocenters. The molecule has 32 heavy (non-hydrogen) atoms. The van der Waals surface area contributed by atoms with E-state index in [2.05, 4.69) is 28.9 Å². The third-order valence-corrected chi connectivity index (χ3v) is 7.60. The van der Waals surface area contributed by atoms with Gasteiger partial charge < -0.3 is 9.26 Å². The minimum atomic E-state index is -3.49. The first-order chi connectivity index (χ1) is 15.4. The number of hydrogen-bond donors (Lipinski definition) is 0. The average Bonchev–Trinajstić information content (AvgIpc) is 3.28. The molecule has 0 unspecified atom stereocenters. The van der Waals surface area contributed by atoms with Crippen LogP contribution in [0.15, 0.2) is 57.9 Å². The predicted molar refractivity (Wildman–Crippen MR) is 121 cm³/mol. The van der Waals surface area contributed by atoms with Gasteiger partial charge in [-0.2, -0.15) is 9.29 Å². The van der Waals surface area contributed by atoms with Gasteiger partial charge in [-0.3, -0.25) is 4.90 Å². The second-order valence-corrected chi connectivity index (χ2v) is 10.1. The highest BCUT2D eigenvalue weighted by atomic mass is 32.2. The van der Waals surface area contributed by atoms with E-state index in [4.69, 9.17) is 9.26 Å². The van der Waals surface area contributed by atoms with Crippen molar-refractivity contribution < 1.29 is 17.7 Å². The summed E-state index contributed by atoms with van der Waals surface area (Å²) in [6.45, 7) is 6.72. The van der Waals surface area contributed by atoms with E-state index in [1.54, 1.807) is 23.5 Å². The number of aromatic nitrogens is 2. The summed E-state index contributed by atoms with van der Waals surface area (Å²) in [7, 11) is -1.87. The normalized spacial score (nSPS) is 15.9. The van der Waals surface area contributed by atoms with E-state index >= 15 is 0 Å². The van der Waals surface area contributed by atoms with Gasteiger partial charge in [0.25, 0.3) is 0 Å². The molecule has 0 amide bonds. The molecular weight excluding hydrogens is 428 g/mol. The molecule has 1 saturated heterocycles. The van der Waals surface area contributed by atoms with Crippen LogP contribution in [0, 0.1) is 0 Å². The van der Waals surface area contributed by atoms with E-state index in [-0.39, 0.29) is 0 Å². The van der Waals surface area contributed by atoms with E-state index < -0.39 is 10.0 Å². The number of piperazine rings is 1. The van der Waals surface area contributed by atoms with Gasteiger partial charge in [0.2, 0.25) is 21.7 Å². The van der Waals surface area contributed by atoms with E-state index in [1.165, 1.54) is 0 Å². The molecule has 0 bridgehead atoms. The van der Waals surface area contributed by atoms with Gasteiger partial charge in [-0.05, 0) is 47.9 Å². The molecule has 170 valence electrons. The molecule has 1 aliphatic heterocycles. The number of ether oxygens (including phenoxy) is 1. The van der Waals surface area contributed by atoms with Gasteiger partial charge in [-0.1, -0.05) is 31.1 Å². The highest BCUT2D eigenvalue weighted by Crippen LogP contribution is 2.23. The van der Waals surface area contributed by atoms with Gasteiger partial charge in [0.05, 0.1) is 18.6 Å². The smallest absolute Gasteiger partial charge is 0.243 e. The molecule has 1 fully saturated rings. The predicted octanol–water partition coefficient (Wildman–Crippen LogP) is 3.38. The molecule has 2 aromatic carbocycles. The van der Waals surface area contributed by atoms with E-state index in [1.807, 2.05) is 36.4 Å². The SMILES string of the molecule is COc1ccc(-c2noc(CN3CCN(S(=O)(=O)c4ccc(C(C)C)cc4)CC3)n2)cc1. The average molecular weight is 457 g/mol. The monoisotopic (exact) mass is 456 g/mol. The van der Waals surface area contributed by atoms with Crippen molar-refractivity contribution in [1.29, 1.82) is 0 Å². The number of benzene rings is 2. The van der Waals surface area contributed by atoms with Crippen LogP contribution in [0.1, 0.15) is 31.2 Å². The van der Waals surface area contributed by atoms with Crippen LogP contribution in [0.4, 0.5) is 0 Å². The zero-order chi connectivity index (χ0) is 22.7. The van der Waals surface area contributed by atoms with Crippen molar-refractivity contribution in [3.63, 3.8) is 0 Å². The van der Waals surface area contributed by atoms with Crippen LogP contribution < -0.4 is 4.74 Å². The van der Waals surface area contributed by atoms with Crippen molar-refractivity contribution in [3.8, 4) is 17.1 Å². The van der Waals surface area contributed by atoms with Crippen LogP contribution in [0.2, 0.25) is 0 Å². The second kappa shape index (κ2) is 9.40. The molecule has 0 saturated carbocycles. The molecule has 0 spiro atoms. The van der Waals surface area contributed by atoms with Crippen LogP contribution in [-0.4, -0.2) is 61.1 Å². The Hall–Kier alpha value is -2.75. The maximum Gasteiger partial charge on any atom is 0.243 e. The van der Waals surface area contributed by atoms with Crippen molar-refractivity contribution in [2.24, 2.45) is 0 Å². The maximum atomic E-state index is 13.0. The molecular formula is C23H28N4O4S. The summed E-state index contributed by atoms with van der Waals surface area (Å²) in [5.41, 5.74) is 1.97. The first kappa shape index (κ1) is 22.4. The van der Waals surface area contributed by atoms with Crippen molar-refractivity contribution in [2.45, 2.75) is 31.2 Å². The van der Waals surface area contributed by atoms with Crippen LogP contribution in [0.25, 0.3) is 11.4 Å². The third kappa shape index (κ3) is 4.85. The molecule has 3 aromatic rings.